The minimum atomic E-state index is 0.210. The van der Waals surface area contributed by atoms with Crippen molar-refractivity contribution >= 4 is 16.9 Å². The number of carbonyl (C=O) groups excluding carboxylic acids is 1. The minimum absolute atomic E-state index is 0.210. The topological polar surface area (TPSA) is 70.1 Å². The lowest BCUT2D eigenvalue weighted by atomic mass is 10.2. The maximum absolute atomic E-state index is 12.5. The van der Waals surface area contributed by atoms with Crippen LogP contribution in [0.25, 0.3) is 11.0 Å². The van der Waals surface area contributed by atoms with E-state index in [0.717, 1.165) is 55.4 Å². The summed E-state index contributed by atoms with van der Waals surface area (Å²) in [7, 11) is 2.01. The lowest BCUT2D eigenvalue weighted by molar-refractivity contribution is -0.133. The van der Waals surface area contributed by atoms with Crippen molar-refractivity contribution in [3.8, 4) is 0 Å². The van der Waals surface area contributed by atoms with Gasteiger partial charge in [-0.3, -0.25) is 9.69 Å². The van der Waals surface area contributed by atoms with Gasteiger partial charge in [-0.25, -0.2) is 9.97 Å². The molecule has 1 N–H and O–H groups in total. The van der Waals surface area contributed by atoms with Gasteiger partial charge in [-0.2, -0.15) is 0 Å². The second-order valence-corrected chi connectivity index (χ2v) is 6.81. The highest BCUT2D eigenvalue weighted by Gasteiger charge is 2.22. The second-order valence-electron chi connectivity index (χ2n) is 6.81. The van der Waals surface area contributed by atoms with Gasteiger partial charge in [0.15, 0.2) is 0 Å². The fourth-order valence-corrected chi connectivity index (χ4v) is 3.41. The number of fused-ring (bicyclic) bond motifs is 1. The second kappa shape index (κ2) is 7.29. The molecule has 0 radical (unpaired) electrons. The molecular weight excluding hydrogens is 328 g/mol. The molecule has 0 aliphatic carbocycles. The van der Waals surface area contributed by atoms with Crippen LogP contribution in [0, 0.1) is 0 Å². The third-order valence-corrected chi connectivity index (χ3v) is 5.03. The summed E-state index contributed by atoms with van der Waals surface area (Å²) in [5.41, 5.74) is 1.98. The quantitative estimate of drug-likeness (QED) is 0.757. The number of benzene rings is 1. The molecule has 0 unspecified atom stereocenters. The number of carbonyl (C=O) groups is 1. The van der Waals surface area contributed by atoms with Crippen molar-refractivity contribution < 1.29 is 4.79 Å². The van der Waals surface area contributed by atoms with Gasteiger partial charge in [0.05, 0.1) is 17.6 Å². The third-order valence-electron chi connectivity index (χ3n) is 5.03. The Bertz CT molecular complexity index is 857. The van der Waals surface area contributed by atoms with Crippen LogP contribution >= 0.6 is 0 Å². The molecule has 1 fully saturated rings. The molecule has 1 aliphatic heterocycles. The molecule has 0 saturated carbocycles. The molecular formula is C19H24N6O. The zero-order valence-electron chi connectivity index (χ0n) is 15.1. The average molecular weight is 352 g/mol. The molecule has 1 aliphatic rings. The fraction of sp³-hybridized carbons (Fsp3) is 0.421. The van der Waals surface area contributed by atoms with Crippen molar-refractivity contribution in [2.24, 2.45) is 7.05 Å². The smallest absolute Gasteiger partial charge is 0.223 e. The molecule has 2 aromatic heterocycles. The summed E-state index contributed by atoms with van der Waals surface area (Å²) in [5, 5.41) is 0. The van der Waals surface area contributed by atoms with Crippen molar-refractivity contribution in [1.82, 2.24) is 29.3 Å². The zero-order chi connectivity index (χ0) is 17.9. The number of aromatic amines is 1. The Morgan fingerprint density at radius 1 is 1.19 bits per heavy atom. The number of aromatic nitrogens is 4. The van der Waals surface area contributed by atoms with Gasteiger partial charge in [-0.05, 0) is 12.1 Å². The third kappa shape index (κ3) is 3.62. The largest absolute Gasteiger partial charge is 0.342 e. The Labute approximate surface area is 152 Å². The molecule has 1 aromatic carbocycles. The molecule has 0 atom stereocenters. The molecule has 136 valence electrons. The van der Waals surface area contributed by atoms with Crippen molar-refractivity contribution in [3.63, 3.8) is 0 Å². The summed E-state index contributed by atoms with van der Waals surface area (Å²) < 4.78 is 2.05. The Morgan fingerprint density at radius 2 is 2.00 bits per heavy atom. The molecule has 3 heterocycles. The number of para-hydroxylation sites is 2. The van der Waals surface area contributed by atoms with Gasteiger partial charge in [0.2, 0.25) is 5.91 Å². The summed E-state index contributed by atoms with van der Waals surface area (Å²) in [6, 6.07) is 7.95. The van der Waals surface area contributed by atoms with Crippen LogP contribution in [-0.4, -0.2) is 61.4 Å². The van der Waals surface area contributed by atoms with Gasteiger partial charge in [0.1, 0.15) is 11.6 Å². The lowest BCUT2D eigenvalue weighted by Gasteiger charge is -2.34. The maximum Gasteiger partial charge on any atom is 0.223 e. The number of nitrogens with zero attached hydrogens (tertiary/aromatic N) is 5. The Morgan fingerprint density at radius 3 is 2.73 bits per heavy atom. The predicted molar refractivity (Wildman–Crippen MR) is 99.5 cm³/mol. The van der Waals surface area contributed by atoms with Gasteiger partial charge in [0.25, 0.3) is 0 Å². The first-order chi connectivity index (χ1) is 12.7. The Balaban J connectivity index is 1.26. The van der Waals surface area contributed by atoms with Crippen LogP contribution in [-0.2, 0) is 24.8 Å². The SMILES string of the molecule is Cn1ccnc1CN1CCN(C(=O)CCc2nc3ccccc3[nH]2)CC1. The Kier molecular flexibility index (Phi) is 4.71. The minimum Gasteiger partial charge on any atom is -0.342 e. The van der Waals surface area contributed by atoms with Crippen LogP contribution in [0.3, 0.4) is 0 Å². The number of rotatable bonds is 5. The monoisotopic (exact) mass is 352 g/mol. The highest BCUT2D eigenvalue weighted by atomic mass is 16.2. The van der Waals surface area contributed by atoms with Crippen LogP contribution < -0.4 is 0 Å². The van der Waals surface area contributed by atoms with Gasteiger partial charge in [-0.1, -0.05) is 12.1 Å². The fourth-order valence-electron chi connectivity index (χ4n) is 3.41. The standard InChI is InChI=1S/C19H24N6O/c1-23-9-8-20-18(23)14-24-10-12-25(13-11-24)19(26)7-6-17-21-15-4-2-3-5-16(15)22-17/h2-5,8-9H,6-7,10-14H2,1H3,(H,21,22). The zero-order valence-corrected chi connectivity index (χ0v) is 15.1. The first kappa shape index (κ1) is 16.8. The summed E-state index contributed by atoms with van der Waals surface area (Å²) in [4.78, 5) is 29.1. The van der Waals surface area contributed by atoms with E-state index in [4.69, 9.17) is 0 Å². The number of hydrogen-bond acceptors (Lipinski definition) is 4. The van der Waals surface area contributed by atoms with Crippen molar-refractivity contribution in [2.75, 3.05) is 26.2 Å². The van der Waals surface area contributed by atoms with Crippen LogP contribution in [0.1, 0.15) is 18.1 Å². The number of imidazole rings is 2. The van der Waals surface area contributed by atoms with Crippen LogP contribution in [0.5, 0.6) is 0 Å². The van der Waals surface area contributed by atoms with Gasteiger partial charge < -0.3 is 14.5 Å². The van der Waals surface area contributed by atoms with E-state index in [0.29, 0.717) is 12.8 Å². The van der Waals surface area contributed by atoms with Gasteiger partial charge in [0, 0.05) is 58.5 Å². The molecule has 1 saturated heterocycles. The van der Waals surface area contributed by atoms with Gasteiger partial charge >= 0.3 is 0 Å². The predicted octanol–water partition coefficient (Wildman–Crippen LogP) is 1.57. The molecule has 7 heteroatoms. The summed E-state index contributed by atoms with van der Waals surface area (Å²) in [6.45, 7) is 4.18. The first-order valence-corrected chi connectivity index (χ1v) is 9.09. The highest BCUT2D eigenvalue weighted by Crippen LogP contribution is 2.13. The van der Waals surface area contributed by atoms with E-state index >= 15 is 0 Å². The van der Waals surface area contributed by atoms with Crippen molar-refractivity contribution in [3.05, 3.63) is 48.3 Å². The number of aryl methyl sites for hydroxylation is 2. The number of H-pyrrole nitrogens is 1. The van der Waals surface area contributed by atoms with Crippen LogP contribution in [0.4, 0.5) is 0 Å². The number of hydrogen-bond donors (Lipinski definition) is 1. The molecule has 4 rings (SSSR count). The Hall–Kier alpha value is -2.67. The lowest BCUT2D eigenvalue weighted by Crippen LogP contribution is -2.48. The first-order valence-electron chi connectivity index (χ1n) is 9.09. The molecule has 26 heavy (non-hydrogen) atoms. The van der Waals surface area contributed by atoms with E-state index in [1.54, 1.807) is 0 Å². The summed E-state index contributed by atoms with van der Waals surface area (Å²) >= 11 is 0. The summed E-state index contributed by atoms with van der Waals surface area (Å²) in [6.07, 6.45) is 4.94. The van der Waals surface area contributed by atoms with E-state index < -0.39 is 0 Å². The van der Waals surface area contributed by atoms with E-state index in [-0.39, 0.29) is 5.91 Å². The highest BCUT2D eigenvalue weighted by molar-refractivity contribution is 5.77. The number of amides is 1. The number of nitrogens with one attached hydrogen (secondary N) is 1. The molecule has 0 spiro atoms. The van der Waals surface area contributed by atoms with Crippen molar-refractivity contribution in [2.45, 2.75) is 19.4 Å². The number of piperazine rings is 1. The van der Waals surface area contributed by atoms with E-state index in [1.807, 2.05) is 53.2 Å². The van der Waals surface area contributed by atoms with Gasteiger partial charge in [-0.15, -0.1) is 0 Å². The molecule has 1 amide bonds. The molecule has 3 aromatic rings. The molecule has 7 nitrogen and oxygen atoms in total. The summed E-state index contributed by atoms with van der Waals surface area (Å²) in [5.74, 6) is 2.16. The van der Waals surface area contributed by atoms with Crippen molar-refractivity contribution in [1.29, 1.82) is 0 Å². The van der Waals surface area contributed by atoms with Crippen LogP contribution in [0.2, 0.25) is 0 Å². The van der Waals surface area contributed by atoms with E-state index in [1.165, 1.54) is 0 Å². The average Bonchev–Trinajstić information content (AvgIpc) is 3.26. The molecule has 0 bridgehead atoms. The van der Waals surface area contributed by atoms with Crippen LogP contribution in [0.15, 0.2) is 36.7 Å². The maximum atomic E-state index is 12.5. The normalized spacial score (nSPS) is 15.7. The van der Waals surface area contributed by atoms with E-state index in [9.17, 15) is 4.79 Å². The van der Waals surface area contributed by atoms with E-state index in [2.05, 4.69) is 19.9 Å².